The first-order chi connectivity index (χ1) is 6.92. The van der Waals surface area contributed by atoms with Crippen molar-refractivity contribution in [3.63, 3.8) is 0 Å². The average Bonchev–Trinajstić information content (AvgIpc) is 2.14. The third-order valence-electron chi connectivity index (χ3n) is 1.64. The lowest BCUT2D eigenvalue weighted by Crippen LogP contribution is -2.17. The van der Waals surface area contributed by atoms with Crippen LogP contribution in [0, 0.1) is 0 Å². The van der Waals surface area contributed by atoms with Gasteiger partial charge in [-0.2, -0.15) is 0 Å². The molecule has 0 heterocycles. The summed E-state index contributed by atoms with van der Waals surface area (Å²) in [6, 6.07) is 5.20. The van der Waals surface area contributed by atoms with Gasteiger partial charge in [0.2, 0.25) is 0 Å². The second-order valence-corrected chi connectivity index (χ2v) is 2.76. The molecule has 0 bridgehead atoms. The van der Waals surface area contributed by atoms with Crippen molar-refractivity contribution < 1.29 is 23.1 Å². The summed E-state index contributed by atoms with van der Waals surface area (Å²) in [5, 5.41) is 11.3. The van der Waals surface area contributed by atoms with Crippen LogP contribution in [-0.4, -0.2) is 17.3 Å². The molecule has 0 saturated heterocycles. The number of rotatable bonds is 2. The average molecular weight is 219 g/mol. The molecule has 0 unspecified atom stereocenters. The van der Waals surface area contributed by atoms with Gasteiger partial charge in [0.05, 0.1) is 5.71 Å². The fraction of sp³-hybridized carbons (Fsp3) is 0.222. The van der Waals surface area contributed by atoms with E-state index in [1.807, 2.05) is 0 Å². The molecule has 1 aromatic carbocycles. The summed E-state index contributed by atoms with van der Waals surface area (Å²) in [6.45, 7) is 1.46. The van der Waals surface area contributed by atoms with Crippen LogP contribution in [0.3, 0.4) is 0 Å². The van der Waals surface area contributed by atoms with Gasteiger partial charge in [-0.15, -0.1) is 13.2 Å². The van der Waals surface area contributed by atoms with E-state index in [9.17, 15) is 13.2 Å². The molecule has 1 rings (SSSR count). The number of halogens is 3. The lowest BCUT2D eigenvalue weighted by atomic mass is 10.1. The summed E-state index contributed by atoms with van der Waals surface area (Å²) in [5.41, 5.74) is 0.571. The van der Waals surface area contributed by atoms with Crippen molar-refractivity contribution in [2.24, 2.45) is 5.16 Å². The zero-order chi connectivity index (χ0) is 11.5. The highest BCUT2D eigenvalue weighted by Crippen LogP contribution is 2.23. The molecular formula is C9H8F3NO2. The Bertz CT molecular complexity index is 374. The van der Waals surface area contributed by atoms with Gasteiger partial charge < -0.3 is 9.94 Å². The SMILES string of the molecule is CC(=NO)c1cccc(OC(F)(F)F)c1. The van der Waals surface area contributed by atoms with Crippen LogP contribution in [-0.2, 0) is 0 Å². The molecule has 0 radical (unpaired) electrons. The fourth-order valence-electron chi connectivity index (χ4n) is 0.976. The summed E-state index contributed by atoms with van der Waals surface area (Å²) in [5.74, 6) is -0.344. The zero-order valence-corrected chi connectivity index (χ0v) is 7.75. The standard InChI is InChI=1S/C9H8F3NO2/c1-6(13-14)7-3-2-4-8(5-7)15-9(10,11)12/h2-5,14H,1H3. The minimum absolute atomic E-state index is 0.211. The third kappa shape index (κ3) is 3.49. The summed E-state index contributed by atoms with van der Waals surface area (Å²) < 4.78 is 39.3. The van der Waals surface area contributed by atoms with E-state index in [1.54, 1.807) is 0 Å². The Hall–Kier alpha value is -1.72. The number of hydrogen-bond donors (Lipinski definition) is 1. The van der Waals surface area contributed by atoms with E-state index < -0.39 is 6.36 Å². The van der Waals surface area contributed by atoms with Crippen LogP contribution < -0.4 is 4.74 Å². The molecule has 0 amide bonds. The second kappa shape index (κ2) is 4.20. The molecule has 1 aromatic rings. The van der Waals surface area contributed by atoms with Crippen molar-refractivity contribution in [3.05, 3.63) is 29.8 Å². The molecule has 0 fully saturated rings. The zero-order valence-electron chi connectivity index (χ0n) is 7.75. The largest absolute Gasteiger partial charge is 0.573 e. The predicted molar refractivity (Wildman–Crippen MR) is 47.1 cm³/mol. The number of ether oxygens (including phenoxy) is 1. The number of hydrogen-bond acceptors (Lipinski definition) is 3. The maximum absolute atomic E-state index is 11.9. The van der Waals surface area contributed by atoms with Crippen molar-refractivity contribution in [2.45, 2.75) is 13.3 Å². The summed E-state index contributed by atoms with van der Waals surface area (Å²) in [4.78, 5) is 0. The fourth-order valence-corrected chi connectivity index (χ4v) is 0.976. The molecule has 6 heteroatoms. The second-order valence-electron chi connectivity index (χ2n) is 2.76. The van der Waals surface area contributed by atoms with E-state index in [1.165, 1.54) is 25.1 Å². The summed E-state index contributed by atoms with van der Waals surface area (Å²) in [6.07, 6.45) is -4.72. The Morgan fingerprint density at radius 1 is 1.40 bits per heavy atom. The number of nitrogens with zero attached hydrogens (tertiary/aromatic N) is 1. The molecule has 3 nitrogen and oxygen atoms in total. The first-order valence-corrected chi connectivity index (χ1v) is 3.97. The molecule has 0 atom stereocenters. The van der Waals surface area contributed by atoms with Crippen molar-refractivity contribution in [1.29, 1.82) is 0 Å². The van der Waals surface area contributed by atoms with E-state index in [0.29, 0.717) is 5.56 Å². The monoisotopic (exact) mass is 219 g/mol. The molecule has 0 spiro atoms. The maximum atomic E-state index is 11.9. The highest BCUT2D eigenvalue weighted by Gasteiger charge is 2.31. The van der Waals surface area contributed by atoms with Gasteiger partial charge >= 0.3 is 6.36 Å². The van der Waals surface area contributed by atoms with E-state index in [2.05, 4.69) is 9.89 Å². The lowest BCUT2D eigenvalue weighted by molar-refractivity contribution is -0.274. The van der Waals surface area contributed by atoms with Gasteiger partial charge in [0, 0.05) is 5.56 Å². The summed E-state index contributed by atoms with van der Waals surface area (Å²) in [7, 11) is 0. The van der Waals surface area contributed by atoms with Crippen LogP contribution in [0.4, 0.5) is 13.2 Å². The van der Waals surface area contributed by atoms with Gasteiger partial charge in [0.15, 0.2) is 0 Å². The van der Waals surface area contributed by atoms with Gasteiger partial charge in [-0.3, -0.25) is 0 Å². The quantitative estimate of drug-likeness (QED) is 0.472. The first kappa shape index (κ1) is 11.4. The Balaban J connectivity index is 2.93. The Morgan fingerprint density at radius 3 is 2.60 bits per heavy atom. The topological polar surface area (TPSA) is 41.8 Å². The Labute approximate surface area is 83.8 Å². The molecule has 0 aliphatic carbocycles. The van der Waals surface area contributed by atoms with Gasteiger partial charge in [0.25, 0.3) is 0 Å². The predicted octanol–water partition coefficient (Wildman–Crippen LogP) is 2.78. The maximum Gasteiger partial charge on any atom is 0.573 e. The van der Waals surface area contributed by atoms with Crippen molar-refractivity contribution in [3.8, 4) is 5.75 Å². The van der Waals surface area contributed by atoms with Gasteiger partial charge in [-0.1, -0.05) is 17.3 Å². The van der Waals surface area contributed by atoms with E-state index in [0.717, 1.165) is 6.07 Å². The normalized spacial score (nSPS) is 12.7. The first-order valence-electron chi connectivity index (χ1n) is 3.97. The van der Waals surface area contributed by atoms with Gasteiger partial charge in [0.1, 0.15) is 5.75 Å². The van der Waals surface area contributed by atoms with Crippen LogP contribution >= 0.6 is 0 Å². The molecule has 0 saturated carbocycles. The molecule has 0 aliphatic heterocycles. The highest BCUT2D eigenvalue weighted by atomic mass is 19.4. The number of alkyl halides is 3. The Kier molecular flexibility index (Phi) is 3.18. The van der Waals surface area contributed by atoms with Crippen LogP contribution in [0.1, 0.15) is 12.5 Å². The smallest absolute Gasteiger partial charge is 0.411 e. The molecule has 82 valence electrons. The van der Waals surface area contributed by atoms with Crippen LogP contribution in [0.25, 0.3) is 0 Å². The van der Waals surface area contributed by atoms with Crippen molar-refractivity contribution >= 4 is 5.71 Å². The highest BCUT2D eigenvalue weighted by molar-refractivity contribution is 5.98. The summed E-state index contributed by atoms with van der Waals surface area (Å²) >= 11 is 0. The third-order valence-corrected chi connectivity index (χ3v) is 1.64. The van der Waals surface area contributed by atoms with Crippen LogP contribution in [0.15, 0.2) is 29.4 Å². The Morgan fingerprint density at radius 2 is 2.07 bits per heavy atom. The molecule has 1 N–H and O–H groups in total. The molecule has 15 heavy (non-hydrogen) atoms. The molecule has 0 aromatic heterocycles. The van der Waals surface area contributed by atoms with Crippen molar-refractivity contribution in [1.82, 2.24) is 0 Å². The minimum atomic E-state index is -4.72. The number of oxime groups is 1. The van der Waals surface area contributed by atoms with Gasteiger partial charge in [-0.25, -0.2) is 0 Å². The van der Waals surface area contributed by atoms with Crippen LogP contribution in [0.2, 0.25) is 0 Å². The lowest BCUT2D eigenvalue weighted by Gasteiger charge is -2.09. The van der Waals surface area contributed by atoms with Crippen molar-refractivity contribution in [2.75, 3.05) is 0 Å². The minimum Gasteiger partial charge on any atom is -0.411 e. The number of benzene rings is 1. The van der Waals surface area contributed by atoms with Gasteiger partial charge in [-0.05, 0) is 19.1 Å². The van der Waals surface area contributed by atoms with Crippen LogP contribution in [0.5, 0.6) is 5.75 Å². The molecular weight excluding hydrogens is 211 g/mol. The van der Waals surface area contributed by atoms with E-state index >= 15 is 0 Å². The van der Waals surface area contributed by atoms with E-state index in [4.69, 9.17) is 5.21 Å². The van der Waals surface area contributed by atoms with E-state index in [-0.39, 0.29) is 11.5 Å². The molecule has 0 aliphatic rings.